The molecule has 3 heterocycles. The van der Waals surface area contributed by atoms with Crippen molar-refractivity contribution in [3.8, 4) is 0 Å². The van der Waals surface area contributed by atoms with E-state index in [0.29, 0.717) is 19.7 Å². The number of nitrogens with zero attached hydrogens (tertiary/aromatic N) is 5. The lowest BCUT2D eigenvalue weighted by Gasteiger charge is -2.41. The van der Waals surface area contributed by atoms with Gasteiger partial charge in [0.25, 0.3) is 5.91 Å². The van der Waals surface area contributed by atoms with Gasteiger partial charge in [0.1, 0.15) is 11.9 Å². The van der Waals surface area contributed by atoms with E-state index in [0.717, 1.165) is 25.5 Å². The Morgan fingerprint density at radius 1 is 1.23 bits per heavy atom. The smallest absolute Gasteiger partial charge is 0.253 e. The Balaban J connectivity index is 1.70. The van der Waals surface area contributed by atoms with E-state index in [1.165, 1.54) is 0 Å². The molecule has 0 aliphatic carbocycles. The van der Waals surface area contributed by atoms with Crippen molar-refractivity contribution in [1.29, 1.82) is 0 Å². The fourth-order valence-corrected chi connectivity index (χ4v) is 3.18. The van der Waals surface area contributed by atoms with E-state index >= 15 is 0 Å². The highest BCUT2D eigenvalue weighted by atomic mass is 16.5. The van der Waals surface area contributed by atoms with Crippen LogP contribution in [0.3, 0.4) is 0 Å². The van der Waals surface area contributed by atoms with Gasteiger partial charge in [0.2, 0.25) is 0 Å². The predicted molar refractivity (Wildman–Crippen MR) is 82.4 cm³/mol. The molecular weight excluding hydrogens is 282 g/mol. The van der Waals surface area contributed by atoms with Gasteiger partial charge in [-0.3, -0.25) is 9.69 Å². The van der Waals surface area contributed by atoms with E-state index in [9.17, 15) is 4.79 Å². The number of aryl methyl sites for hydroxylation is 1. The fourth-order valence-electron chi connectivity index (χ4n) is 3.18. The summed E-state index contributed by atoms with van der Waals surface area (Å²) in [7, 11) is 6.12. The highest BCUT2D eigenvalue weighted by molar-refractivity contribution is 5.81. The standard InChI is InChI=1S/C15H25N5O2/c1-17-8-9-22-13(11-17)15(21)20-7-6-18(2)12(10-20)14-16-4-5-19(14)3/h4-5,12-13H,6-11H2,1-3H3/t12-,13+/m0/s1. The van der Waals surface area contributed by atoms with Gasteiger partial charge in [-0.25, -0.2) is 4.98 Å². The molecule has 2 aliphatic heterocycles. The molecule has 1 aromatic heterocycles. The lowest BCUT2D eigenvalue weighted by Crippen LogP contribution is -2.55. The van der Waals surface area contributed by atoms with Gasteiger partial charge >= 0.3 is 0 Å². The second kappa shape index (κ2) is 6.36. The minimum atomic E-state index is -0.329. The quantitative estimate of drug-likeness (QED) is 0.742. The van der Waals surface area contributed by atoms with Crippen molar-refractivity contribution in [3.05, 3.63) is 18.2 Å². The maximum atomic E-state index is 12.7. The van der Waals surface area contributed by atoms with Gasteiger partial charge in [0.05, 0.1) is 12.6 Å². The molecule has 2 fully saturated rings. The topological polar surface area (TPSA) is 53.8 Å². The molecule has 0 saturated carbocycles. The number of piperazine rings is 1. The van der Waals surface area contributed by atoms with Crippen LogP contribution in [0, 0.1) is 0 Å². The number of hydrogen-bond acceptors (Lipinski definition) is 5. The molecule has 0 radical (unpaired) electrons. The maximum Gasteiger partial charge on any atom is 0.253 e. The molecule has 22 heavy (non-hydrogen) atoms. The molecule has 2 atom stereocenters. The summed E-state index contributed by atoms with van der Waals surface area (Å²) in [5.74, 6) is 1.11. The summed E-state index contributed by atoms with van der Waals surface area (Å²) in [6.07, 6.45) is 3.43. The van der Waals surface area contributed by atoms with Crippen molar-refractivity contribution in [2.24, 2.45) is 7.05 Å². The number of morpholine rings is 1. The van der Waals surface area contributed by atoms with E-state index in [4.69, 9.17) is 4.74 Å². The Bertz CT molecular complexity index is 532. The van der Waals surface area contributed by atoms with Crippen molar-refractivity contribution >= 4 is 5.91 Å². The zero-order valence-electron chi connectivity index (χ0n) is 13.6. The summed E-state index contributed by atoms with van der Waals surface area (Å²) in [5.41, 5.74) is 0. The van der Waals surface area contributed by atoms with Gasteiger partial charge in [-0.05, 0) is 14.1 Å². The number of aromatic nitrogens is 2. The van der Waals surface area contributed by atoms with Crippen LogP contribution in [0.15, 0.2) is 12.4 Å². The minimum absolute atomic E-state index is 0.110. The van der Waals surface area contributed by atoms with Gasteiger partial charge in [0, 0.05) is 52.2 Å². The SMILES string of the molecule is CN1CCO[C@@H](C(=O)N2CCN(C)[C@H](c3nccn3C)C2)C1. The molecule has 1 amide bonds. The van der Waals surface area contributed by atoms with Crippen LogP contribution in [0.2, 0.25) is 0 Å². The summed E-state index contributed by atoms with van der Waals surface area (Å²) < 4.78 is 7.70. The lowest BCUT2D eigenvalue weighted by atomic mass is 10.1. The van der Waals surface area contributed by atoms with Crippen LogP contribution in [0.5, 0.6) is 0 Å². The summed E-state index contributed by atoms with van der Waals surface area (Å²) in [6.45, 7) is 4.47. The lowest BCUT2D eigenvalue weighted by molar-refractivity contribution is -0.151. The summed E-state index contributed by atoms with van der Waals surface area (Å²) in [6, 6.07) is 0.138. The van der Waals surface area contributed by atoms with Crippen molar-refractivity contribution in [3.63, 3.8) is 0 Å². The number of carbonyl (C=O) groups is 1. The first kappa shape index (κ1) is 15.5. The Kier molecular flexibility index (Phi) is 4.46. The van der Waals surface area contributed by atoms with Gasteiger partial charge in [0.15, 0.2) is 0 Å². The molecule has 0 bridgehead atoms. The second-order valence-electron chi connectivity index (χ2n) is 6.30. The zero-order chi connectivity index (χ0) is 15.7. The van der Waals surface area contributed by atoms with Crippen LogP contribution in [-0.4, -0.2) is 89.7 Å². The number of rotatable bonds is 2. The third-order valence-electron chi connectivity index (χ3n) is 4.66. The molecule has 122 valence electrons. The Morgan fingerprint density at radius 2 is 2.05 bits per heavy atom. The Hall–Kier alpha value is -1.44. The van der Waals surface area contributed by atoms with Gasteiger partial charge in [-0.15, -0.1) is 0 Å². The Labute approximate surface area is 131 Å². The molecule has 0 N–H and O–H groups in total. The van der Waals surface area contributed by atoms with Crippen LogP contribution in [0.25, 0.3) is 0 Å². The summed E-state index contributed by atoms with van der Waals surface area (Å²) in [5, 5.41) is 0. The first-order valence-electron chi connectivity index (χ1n) is 7.82. The molecule has 2 saturated heterocycles. The molecule has 3 rings (SSSR count). The van der Waals surface area contributed by atoms with Crippen LogP contribution in [-0.2, 0) is 16.6 Å². The second-order valence-corrected chi connectivity index (χ2v) is 6.30. The first-order valence-corrected chi connectivity index (χ1v) is 7.82. The van der Waals surface area contributed by atoms with Crippen molar-refractivity contribution in [2.75, 3.05) is 53.4 Å². The molecule has 7 heteroatoms. The largest absolute Gasteiger partial charge is 0.366 e. The third kappa shape index (κ3) is 3.02. The number of carbonyl (C=O) groups excluding carboxylic acids is 1. The van der Waals surface area contributed by atoms with Crippen LogP contribution in [0.1, 0.15) is 11.9 Å². The molecule has 2 aliphatic rings. The van der Waals surface area contributed by atoms with Crippen molar-refractivity contribution in [2.45, 2.75) is 12.1 Å². The number of ether oxygens (including phenoxy) is 1. The first-order chi connectivity index (χ1) is 10.6. The van der Waals surface area contributed by atoms with Crippen LogP contribution >= 0.6 is 0 Å². The normalized spacial score (nSPS) is 28.0. The monoisotopic (exact) mass is 307 g/mol. The minimum Gasteiger partial charge on any atom is -0.366 e. The van der Waals surface area contributed by atoms with Gasteiger partial charge in [-0.1, -0.05) is 0 Å². The third-order valence-corrected chi connectivity index (χ3v) is 4.66. The average molecular weight is 307 g/mol. The van der Waals surface area contributed by atoms with E-state index < -0.39 is 0 Å². The van der Waals surface area contributed by atoms with Crippen LogP contribution < -0.4 is 0 Å². The van der Waals surface area contributed by atoms with E-state index in [2.05, 4.69) is 21.8 Å². The van der Waals surface area contributed by atoms with E-state index in [-0.39, 0.29) is 18.1 Å². The fraction of sp³-hybridized carbons (Fsp3) is 0.733. The van der Waals surface area contributed by atoms with Gasteiger partial charge < -0.3 is 19.1 Å². The number of hydrogen-bond donors (Lipinski definition) is 0. The van der Waals surface area contributed by atoms with Gasteiger partial charge in [-0.2, -0.15) is 0 Å². The molecule has 7 nitrogen and oxygen atoms in total. The van der Waals surface area contributed by atoms with Crippen molar-refractivity contribution < 1.29 is 9.53 Å². The Morgan fingerprint density at radius 3 is 2.73 bits per heavy atom. The molecular formula is C15H25N5O2. The zero-order valence-corrected chi connectivity index (χ0v) is 13.6. The predicted octanol–water partition coefficient (Wildman–Crippen LogP) is -0.434. The number of amides is 1. The molecule has 0 spiro atoms. The highest BCUT2D eigenvalue weighted by Crippen LogP contribution is 2.23. The molecule has 0 unspecified atom stereocenters. The maximum absolute atomic E-state index is 12.7. The number of imidazole rings is 1. The highest BCUT2D eigenvalue weighted by Gasteiger charge is 2.35. The molecule has 1 aromatic rings. The van der Waals surface area contributed by atoms with Crippen LogP contribution in [0.4, 0.5) is 0 Å². The number of likely N-dealkylation sites (N-methyl/N-ethyl adjacent to an activating group) is 2. The molecule has 0 aromatic carbocycles. The summed E-state index contributed by atoms with van der Waals surface area (Å²) in [4.78, 5) is 23.5. The van der Waals surface area contributed by atoms with Crippen molar-refractivity contribution in [1.82, 2.24) is 24.3 Å². The summed E-state index contributed by atoms with van der Waals surface area (Å²) >= 11 is 0. The average Bonchev–Trinajstić information content (AvgIpc) is 2.93. The van der Waals surface area contributed by atoms with E-state index in [1.807, 2.05) is 36.0 Å². The van der Waals surface area contributed by atoms with E-state index in [1.54, 1.807) is 0 Å².